The van der Waals surface area contributed by atoms with Crippen LogP contribution in [-0.4, -0.2) is 30.4 Å². The van der Waals surface area contributed by atoms with Gasteiger partial charge in [0.25, 0.3) is 0 Å². The topological polar surface area (TPSA) is 66.4 Å². The molecular formula is C15H13O4S2-. The van der Waals surface area contributed by atoms with Crippen molar-refractivity contribution in [2.24, 2.45) is 0 Å². The molecule has 0 radical (unpaired) electrons. The van der Waals surface area contributed by atoms with Crippen LogP contribution in [0.2, 0.25) is 0 Å². The number of benzene rings is 1. The fourth-order valence-electron chi connectivity index (χ4n) is 1.71. The van der Waals surface area contributed by atoms with Crippen LogP contribution in [0.15, 0.2) is 40.2 Å². The lowest BCUT2D eigenvalue weighted by atomic mass is 10.1. The Balaban J connectivity index is 2.16. The number of thioether (sulfide) groups is 2. The maximum Gasteiger partial charge on any atom is 0.189 e. The van der Waals surface area contributed by atoms with Crippen molar-refractivity contribution in [3.63, 3.8) is 0 Å². The molecule has 1 aliphatic rings. The Morgan fingerprint density at radius 1 is 1.19 bits per heavy atom. The standard InChI is InChI=1S/C15H14O4S2/c1-19-11-5-2-10(3-6-11)4-7-12(16)13(14(17)18)15-20-8-9-21-15/h2-7H,8-9H2,1H3,(H,17,18)/p-1/b7-4+. The molecule has 0 spiro atoms. The largest absolute Gasteiger partial charge is 0.545 e. The minimum Gasteiger partial charge on any atom is -0.545 e. The zero-order chi connectivity index (χ0) is 15.2. The summed E-state index contributed by atoms with van der Waals surface area (Å²) in [4.78, 5) is 23.2. The lowest BCUT2D eigenvalue weighted by Gasteiger charge is -2.07. The Morgan fingerprint density at radius 3 is 2.33 bits per heavy atom. The first-order valence-corrected chi connectivity index (χ1v) is 8.16. The lowest BCUT2D eigenvalue weighted by molar-refractivity contribution is -0.298. The van der Waals surface area contributed by atoms with Crippen molar-refractivity contribution >= 4 is 41.4 Å². The first kappa shape index (κ1) is 15.7. The third-order valence-electron chi connectivity index (χ3n) is 2.75. The van der Waals surface area contributed by atoms with E-state index in [0.29, 0.717) is 4.24 Å². The second-order valence-electron chi connectivity index (χ2n) is 4.12. The molecule has 1 aromatic carbocycles. The highest BCUT2D eigenvalue weighted by atomic mass is 32.2. The molecule has 0 saturated carbocycles. The molecule has 1 saturated heterocycles. The molecule has 0 atom stereocenters. The zero-order valence-electron chi connectivity index (χ0n) is 11.3. The van der Waals surface area contributed by atoms with E-state index in [2.05, 4.69) is 0 Å². The number of carbonyl (C=O) groups excluding carboxylic acids is 2. The van der Waals surface area contributed by atoms with Crippen molar-refractivity contribution in [3.8, 4) is 5.75 Å². The SMILES string of the molecule is COc1ccc(/C=C/C(=O)C(C(=O)[O-])=C2SCCS2)cc1. The predicted octanol–water partition coefficient (Wildman–Crippen LogP) is 1.72. The Labute approximate surface area is 131 Å². The molecule has 1 aliphatic heterocycles. The number of ketones is 1. The van der Waals surface area contributed by atoms with Crippen LogP contribution < -0.4 is 9.84 Å². The smallest absolute Gasteiger partial charge is 0.189 e. The summed E-state index contributed by atoms with van der Waals surface area (Å²) >= 11 is 2.77. The summed E-state index contributed by atoms with van der Waals surface area (Å²) in [5.74, 6) is 0.382. The van der Waals surface area contributed by atoms with Crippen molar-refractivity contribution in [3.05, 3.63) is 45.7 Å². The van der Waals surface area contributed by atoms with Crippen molar-refractivity contribution in [2.75, 3.05) is 18.6 Å². The molecule has 1 fully saturated rings. The maximum absolute atomic E-state index is 12.1. The minimum absolute atomic E-state index is 0.243. The van der Waals surface area contributed by atoms with Gasteiger partial charge in [-0.15, -0.1) is 23.5 Å². The fraction of sp³-hybridized carbons (Fsp3) is 0.200. The molecule has 0 N–H and O–H groups in total. The molecule has 0 bridgehead atoms. The van der Waals surface area contributed by atoms with Crippen LogP contribution in [0.1, 0.15) is 5.56 Å². The summed E-state index contributed by atoms with van der Waals surface area (Å²) in [7, 11) is 1.57. The van der Waals surface area contributed by atoms with Gasteiger partial charge in [0.15, 0.2) is 5.78 Å². The van der Waals surface area contributed by atoms with E-state index in [9.17, 15) is 14.7 Å². The number of allylic oxidation sites excluding steroid dienone is 1. The number of hydrogen-bond donors (Lipinski definition) is 0. The van der Waals surface area contributed by atoms with Crippen molar-refractivity contribution in [1.82, 2.24) is 0 Å². The lowest BCUT2D eigenvalue weighted by Crippen LogP contribution is -2.28. The third kappa shape index (κ3) is 4.15. The van der Waals surface area contributed by atoms with Crippen LogP contribution in [0.5, 0.6) is 5.75 Å². The third-order valence-corrected chi connectivity index (χ3v) is 5.46. The highest BCUT2D eigenvalue weighted by Crippen LogP contribution is 2.38. The number of methoxy groups -OCH3 is 1. The monoisotopic (exact) mass is 321 g/mol. The Morgan fingerprint density at radius 2 is 1.81 bits per heavy atom. The number of carbonyl (C=O) groups is 2. The summed E-state index contributed by atoms with van der Waals surface area (Å²) in [6.07, 6.45) is 2.84. The van der Waals surface area contributed by atoms with Crippen LogP contribution in [0.3, 0.4) is 0 Å². The van der Waals surface area contributed by atoms with E-state index in [-0.39, 0.29) is 5.57 Å². The second-order valence-corrected chi connectivity index (χ2v) is 6.59. The van der Waals surface area contributed by atoms with Crippen molar-refractivity contribution in [2.45, 2.75) is 0 Å². The van der Waals surface area contributed by atoms with Gasteiger partial charge in [0, 0.05) is 11.5 Å². The van der Waals surface area contributed by atoms with Crippen LogP contribution in [0.4, 0.5) is 0 Å². The Hall–Kier alpha value is -1.66. The van der Waals surface area contributed by atoms with Crippen LogP contribution in [0.25, 0.3) is 6.08 Å². The zero-order valence-corrected chi connectivity index (χ0v) is 13.0. The molecule has 110 valence electrons. The van der Waals surface area contributed by atoms with Crippen molar-refractivity contribution < 1.29 is 19.4 Å². The Kier molecular flexibility index (Phi) is 5.52. The summed E-state index contributed by atoms with van der Waals surface area (Å²) in [5.41, 5.74) is 0.547. The van der Waals surface area contributed by atoms with Crippen molar-refractivity contribution in [1.29, 1.82) is 0 Å². The van der Waals surface area contributed by atoms with Gasteiger partial charge in [0.05, 0.1) is 22.9 Å². The summed E-state index contributed by atoms with van der Waals surface area (Å²) in [6, 6.07) is 7.11. The quantitative estimate of drug-likeness (QED) is 0.467. The van der Waals surface area contributed by atoms with E-state index in [4.69, 9.17) is 4.74 Å². The first-order valence-electron chi connectivity index (χ1n) is 6.19. The van der Waals surface area contributed by atoms with E-state index in [1.165, 1.54) is 29.6 Å². The average molecular weight is 321 g/mol. The van der Waals surface area contributed by atoms with Gasteiger partial charge in [-0.25, -0.2) is 0 Å². The molecule has 2 rings (SSSR count). The minimum atomic E-state index is -1.42. The molecule has 21 heavy (non-hydrogen) atoms. The number of carboxylic acids is 1. The molecule has 1 aromatic rings. The number of rotatable bonds is 5. The molecular weight excluding hydrogens is 308 g/mol. The normalized spacial score (nSPS) is 14.4. The molecule has 1 heterocycles. The van der Waals surface area contributed by atoms with E-state index in [1.54, 1.807) is 37.5 Å². The van der Waals surface area contributed by atoms with Gasteiger partial charge in [-0.1, -0.05) is 18.2 Å². The van der Waals surface area contributed by atoms with Crippen LogP contribution in [-0.2, 0) is 9.59 Å². The maximum atomic E-state index is 12.1. The van der Waals surface area contributed by atoms with Gasteiger partial charge in [0.2, 0.25) is 0 Å². The number of carboxylic acid groups (broad SMARTS) is 1. The molecule has 0 aliphatic carbocycles. The molecule has 0 aromatic heterocycles. The predicted molar refractivity (Wildman–Crippen MR) is 84.0 cm³/mol. The summed E-state index contributed by atoms with van der Waals surface area (Å²) in [5, 5.41) is 11.2. The second kappa shape index (κ2) is 7.38. The van der Waals surface area contributed by atoms with E-state index < -0.39 is 11.8 Å². The van der Waals surface area contributed by atoms with Crippen LogP contribution >= 0.6 is 23.5 Å². The highest BCUT2D eigenvalue weighted by molar-refractivity contribution is 8.25. The Bertz CT molecular complexity index is 595. The molecule has 4 nitrogen and oxygen atoms in total. The van der Waals surface area contributed by atoms with E-state index in [0.717, 1.165) is 22.8 Å². The average Bonchev–Trinajstić information content (AvgIpc) is 2.99. The van der Waals surface area contributed by atoms with Gasteiger partial charge in [0.1, 0.15) is 5.75 Å². The molecule has 0 amide bonds. The van der Waals surface area contributed by atoms with Gasteiger partial charge in [-0.2, -0.15) is 0 Å². The van der Waals surface area contributed by atoms with Gasteiger partial charge >= 0.3 is 0 Å². The fourth-order valence-corrected chi connectivity index (χ4v) is 4.24. The molecule has 6 heteroatoms. The first-order chi connectivity index (χ1) is 10.1. The van der Waals surface area contributed by atoms with E-state index in [1.807, 2.05) is 0 Å². The number of hydrogen-bond acceptors (Lipinski definition) is 6. The van der Waals surface area contributed by atoms with E-state index >= 15 is 0 Å². The highest BCUT2D eigenvalue weighted by Gasteiger charge is 2.19. The van der Waals surface area contributed by atoms with Gasteiger partial charge < -0.3 is 14.6 Å². The number of aliphatic carboxylic acids is 1. The molecule has 0 unspecified atom stereocenters. The number of ether oxygens (including phenoxy) is 1. The van der Waals surface area contributed by atoms with Gasteiger partial charge in [-0.05, 0) is 23.8 Å². The van der Waals surface area contributed by atoms with Gasteiger partial charge in [-0.3, -0.25) is 4.79 Å². The summed E-state index contributed by atoms with van der Waals surface area (Å²) in [6.45, 7) is 0. The van der Waals surface area contributed by atoms with Crippen LogP contribution in [0, 0.1) is 0 Å². The summed E-state index contributed by atoms with van der Waals surface area (Å²) < 4.78 is 5.58.